The zero-order chi connectivity index (χ0) is 15.9. The lowest BCUT2D eigenvalue weighted by atomic mass is 10.2. The minimum absolute atomic E-state index is 0.320. The Balaban J connectivity index is 1.98. The second-order valence-corrected chi connectivity index (χ2v) is 5.53. The van der Waals surface area contributed by atoms with E-state index in [1.54, 1.807) is 19.2 Å². The monoisotopic (exact) mass is 361 g/mol. The van der Waals surface area contributed by atoms with Crippen LogP contribution in [0.15, 0.2) is 40.9 Å². The van der Waals surface area contributed by atoms with Gasteiger partial charge < -0.3 is 14.2 Å². The number of aryl methyl sites for hydroxylation is 1. The SMILES string of the molecule is COc1cc(Br)cc(C#N)c1OCCOc1cccc(C)c1. The molecule has 0 bridgehead atoms. The summed E-state index contributed by atoms with van der Waals surface area (Å²) in [6, 6.07) is 13.4. The van der Waals surface area contributed by atoms with Crippen LogP contribution in [0.1, 0.15) is 11.1 Å². The molecular weight excluding hydrogens is 346 g/mol. The summed E-state index contributed by atoms with van der Waals surface area (Å²) in [5, 5.41) is 9.19. The first-order valence-electron chi connectivity index (χ1n) is 6.74. The van der Waals surface area contributed by atoms with Crippen LogP contribution in [0, 0.1) is 18.3 Å². The largest absolute Gasteiger partial charge is 0.493 e. The Morgan fingerprint density at radius 3 is 2.59 bits per heavy atom. The molecule has 0 heterocycles. The molecule has 4 nitrogen and oxygen atoms in total. The zero-order valence-corrected chi connectivity index (χ0v) is 14.0. The summed E-state index contributed by atoms with van der Waals surface area (Å²) in [6.07, 6.45) is 0. The van der Waals surface area contributed by atoms with Crippen LogP contribution in [0.5, 0.6) is 17.2 Å². The molecule has 114 valence electrons. The Kier molecular flexibility index (Phi) is 5.68. The van der Waals surface area contributed by atoms with E-state index in [2.05, 4.69) is 22.0 Å². The zero-order valence-electron chi connectivity index (χ0n) is 12.4. The van der Waals surface area contributed by atoms with Gasteiger partial charge in [0, 0.05) is 4.47 Å². The van der Waals surface area contributed by atoms with Crippen LogP contribution in [0.3, 0.4) is 0 Å². The van der Waals surface area contributed by atoms with Crippen molar-refractivity contribution < 1.29 is 14.2 Å². The van der Waals surface area contributed by atoms with E-state index in [1.165, 1.54) is 0 Å². The highest BCUT2D eigenvalue weighted by Crippen LogP contribution is 2.34. The Hall–Kier alpha value is -2.19. The molecule has 0 spiro atoms. The quantitative estimate of drug-likeness (QED) is 0.727. The van der Waals surface area contributed by atoms with Gasteiger partial charge in [0.2, 0.25) is 0 Å². The lowest BCUT2D eigenvalue weighted by Gasteiger charge is -2.13. The first-order valence-corrected chi connectivity index (χ1v) is 7.53. The molecule has 0 amide bonds. The van der Waals surface area contributed by atoms with Crippen molar-refractivity contribution in [1.82, 2.24) is 0 Å². The van der Waals surface area contributed by atoms with Gasteiger partial charge in [-0.1, -0.05) is 28.1 Å². The van der Waals surface area contributed by atoms with E-state index in [1.807, 2.05) is 31.2 Å². The number of nitriles is 1. The third-order valence-electron chi connectivity index (χ3n) is 2.95. The van der Waals surface area contributed by atoms with Gasteiger partial charge in [-0.25, -0.2) is 0 Å². The van der Waals surface area contributed by atoms with Crippen molar-refractivity contribution in [2.45, 2.75) is 6.92 Å². The maximum atomic E-state index is 9.19. The Morgan fingerprint density at radius 1 is 1.14 bits per heavy atom. The van der Waals surface area contributed by atoms with Crippen LogP contribution in [0.2, 0.25) is 0 Å². The van der Waals surface area contributed by atoms with Crippen molar-refractivity contribution in [3.05, 3.63) is 52.0 Å². The van der Waals surface area contributed by atoms with Crippen LogP contribution in [-0.4, -0.2) is 20.3 Å². The average molecular weight is 362 g/mol. The molecule has 0 saturated heterocycles. The summed E-state index contributed by atoms with van der Waals surface area (Å²) in [5.74, 6) is 1.74. The van der Waals surface area contributed by atoms with Gasteiger partial charge in [0.15, 0.2) is 11.5 Å². The molecule has 2 aromatic carbocycles. The van der Waals surface area contributed by atoms with Crippen LogP contribution >= 0.6 is 15.9 Å². The van der Waals surface area contributed by atoms with Crippen LogP contribution in [0.25, 0.3) is 0 Å². The molecule has 0 aromatic heterocycles. The van der Waals surface area contributed by atoms with E-state index in [4.69, 9.17) is 14.2 Å². The fourth-order valence-corrected chi connectivity index (χ4v) is 2.40. The Labute approximate surface area is 138 Å². The summed E-state index contributed by atoms with van der Waals surface area (Å²) >= 11 is 3.34. The number of ether oxygens (including phenoxy) is 3. The number of halogens is 1. The van der Waals surface area contributed by atoms with E-state index in [9.17, 15) is 5.26 Å². The smallest absolute Gasteiger partial charge is 0.179 e. The van der Waals surface area contributed by atoms with Crippen molar-refractivity contribution in [3.8, 4) is 23.3 Å². The van der Waals surface area contributed by atoms with Crippen LogP contribution in [0.4, 0.5) is 0 Å². The molecule has 0 aliphatic carbocycles. The van der Waals surface area contributed by atoms with Crippen molar-refractivity contribution in [2.24, 2.45) is 0 Å². The minimum atomic E-state index is 0.320. The molecule has 2 aromatic rings. The van der Waals surface area contributed by atoms with E-state index < -0.39 is 0 Å². The van der Waals surface area contributed by atoms with Gasteiger partial charge in [0.1, 0.15) is 25.0 Å². The highest BCUT2D eigenvalue weighted by molar-refractivity contribution is 9.10. The van der Waals surface area contributed by atoms with Crippen molar-refractivity contribution in [2.75, 3.05) is 20.3 Å². The maximum Gasteiger partial charge on any atom is 0.179 e. The summed E-state index contributed by atoms with van der Waals surface area (Å²) < 4.78 is 17.3. The standard InChI is InChI=1S/C17H16BrNO3/c1-12-4-3-5-15(8-12)21-6-7-22-17-13(11-19)9-14(18)10-16(17)20-2/h3-5,8-10H,6-7H2,1-2H3. The molecule has 0 aliphatic heterocycles. The number of hydrogen-bond acceptors (Lipinski definition) is 4. The molecular formula is C17H16BrNO3. The van der Waals surface area contributed by atoms with Crippen LogP contribution < -0.4 is 14.2 Å². The molecule has 0 aliphatic rings. The van der Waals surface area contributed by atoms with Gasteiger partial charge in [-0.15, -0.1) is 0 Å². The Morgan fingerprint density at radius 2 is 1.91 bits per heavy atom. The van der Waals surface area contributed by atoms with E-state index in [0.29, 0.717) is 30.3 Å². The molecule has 0 N–H and O–H groups in total. The highest BCUT2D eigenvalue weighted by Gasteiger charge is 2.12. The molecule has 0 saturated carbocycles. The van der Waals surface area contributed by atoms with E-state index >= 15 is 0 Å². The van der Waals surface area contributed by atoms with Gasteiger partial charge >= 0.3 is 0 Å². The molecule has 0 unspecified atom stereocenters. The second kappa shape index (κ2) is 7.71. The van der Waals surface area contributed by atoms with Crippen molar-refractivity contribution >= 4 is 15.9 Å². The number of hydrogen-bond donors (Lipinski definition) is 0. The molecule has 0 atom stereocenters. The molecule has 0 fully saturated rings. The highest BCUT2D eigenvalue weighted by atomic mass is 79.9. The predicted octanol–water partition coefficient (Wildman–Crippen LogP) is 4.10. The number of rotatable bonds is 6. The molecule has 5 heteroatoms. The molecule has 2 rings (SSSR count). The van der Waals surface area contributed by atoms with Gasteiger partial charge in [-0.3, -0.25) is 0 Å². The van der Waals surface area contributed by atoms with Crippen LogP contribution in [-0.2, 0) is 0 Å². The average Bonchev–Trinajstić information content (AvgIpc) is 2.51. The number of nitrogens with zero attached hydrogens (tertiary/aromatic N) is 1. The fourth-order valence-electron chi connectivity index (χ4n) is 1.96. The lowest BCUT2D eigenvalue weighted by Crippen LogP contribution is -2.10. The van der Waals surface area contributed by atoms with E-state index in [-0.39, 0.29) is 0 Å². The topological polar surface area (TPSA) is 51.5 Å². The van der Waals surface area contributed by atoms with Gasteiger partial charge in [0.25, 0.3) is 0 Å². The normalized spacial score (nSPS) is 9.91. The number of benzene rings is 2. The van der Waals surface area contributed by atoms with Crippen molar-refractivity contribution in [1.29, 1.82) is 5.26 Å². The molecule has 0 radical (unpaired) electrons. The summed E-state index contributed by atoms with van der Waals surface area (Å²) in [6.45, 7) is 2.71. The summed E-state index contributed by atoms with van der Waals surface area (Å²) in [5.41, 5.74) is 1.56. The predicted molar refractivity (Wildman–Crippen MR) is 87.6 cm³/mol. The Bertz CT molecular complexity index is 695. The van der Waals surface area contributed by atoms with E-state index in [0.717, 1.165) is 15.8 Å². The second-order valence-electron chi connectivity index (χ2n) is 4.61. The summed E-state index contributed by atoms with van der Waals surface area (Å²) in [7, 11) is 1.54. The van der Waals surface area contributed by atoms with Gasteiger partial charge in [-0.2, -0.15) is 5.26 Å². The third kappa shape index (κ3) is 4.15. The third-order valence-corrected chi connectivity index (χ3v) is 3.41. The first kappa shape index (κ1) is 16.2. The maximum absolute atomic E-state index is 9.19. The fraction of sp³-hybridized carbons (Fsp3) is 0.235. The van der Waals surface area contributed by atoms with Gasteiger partial charge in [0.05, 0.1) is 12.7 Å². The minimum Gasteiger partial charge on any atom is -0.493 e. The molecule has 22 heavy (non-hydrogen) atoms. The lowest BCUT2D eigenvalue weighted by molar-refractivity contribution is 0.211. The van der Waals surface area contributed by atoms with Gasteiger partial charge in [-0.05, 0) is 36.8 Å². The first-order chi connectivity index (χ1) is 10.6. The number of methoxy groups -OCH3 is 1. The summed E-state index contributed by atoms with van der Waals surface area (Å²) in [4.78, 5) is 0. The van der Waals surface area contributed by atoms with Crippen molar-refractivity contribution in [3.63, 3.8) is 0 Å².